The van der Waals surface area contributed by atoms with Gasteiger partial charge in [0.2, 0.25) is 0 Å². The molecule has 0 spiro atoms. The van der Waals surface area contributed by atoms with Gasteiger partial charge in [-0.05, 0) is 25.0 Å². The van der Waals surface area contributed by atoms with E-state index in [4.69, 9.17) is 0 Å². The van der Waals surface area contributed by atoms with Gasteiger partial charge in [-0.3, -0.25) is 9.69 Å². The van der Waals surface area contributed by atoms with Crippen LogP contribution in [0.25, 0.3) is 0 Å². The summed E-state index contributed by atoms with van der Waals surface area (Å²) in [5.74, 6) is 1.62. The van der Waals surface area contributed by atoms with Gasteiger partial charge in [0, 0.05) is 45.5 Å². The Bertz CT molecular complexity index is 450. The van der Waals surface area contributed by atoms with Crippen molar-refractivity contribution < 1.29 is 4.79 Å². The Morgan fingerprint density at radius 1 is 1.29 bits per heavy atom. The first-order valence-corrected chi connectivity index (χ1v) is 7.81. The quantitative estimate of drug-likeness (QED) is 0.895. The minimum absolute atomic E-state index is 0.0571. The summed E-state index contributed by atoms with van der Waals surface area (Å²) in [6.07, 6.45) is 1.67. The fourth-order valence-corrected chi connectivity index (χ4v) is 2.65. The van der Waals surface area contributed by atoms with Crippen LogP contribution in [0.5, 0.6) is 0 Å². The Labute approximate surface area is 127 Å². The third kappa shape index (κ3) is 4.43. The Morgan fingerprint density at radius 2 is 2.00 bits per heavy atom. The minimum atomic E-state index is -0.0571. The number of carbonyl (C=O) groups excluding carboxylic acids is 1. The molecule has 0 atom stereocenters. The number of nitrogens with one attached hydrogen (secondary N) is 1. The zero-order valence-corrected chi connectivity index (χ0v) is 13.3. The molecule has 0 saturated carbocycles. The summed E-state index contributed by atoms with van der Waals surface area (Å²) in [6.45, 7) is 12.4. The third-order valence-electron chi connectivity index (χ3n) is 3.67. The number of anilines is 1. The summed E-state index contributed by atoms with van der Waals surface area (Å²) in [4.78, 5) is 20.9. The van der Waals surface area contributed by atoms with Crippen molar-refractivity contribution >= 4 is 11.7 Å². The molecule has 0 aromatic carbocycles. The number of piperazine rings is 1. The van der Waals surface area contributed by atoms with Gasteiger partial charge >= 0.3 is 0 Å². The molecule has 1 aromatic heterocycles. The molecule has 1 fully saturated rings. The molecule has 1 saturated heterocycles. The number of amides is 1. The van der Waals surface area contributed by atoms with Gasteiger partial charge in [-0.15, -0.1) is 0 Å². The molecule has 2 rings (SSSR count). The van der Waals surface area contributed by atoms with E-state index in [2.05, 4.69) is 33.9 Å². The molecule has 1 aromatic rings. The van der Waals surface area contributed by atoms with Gasteiger partial charge in [-0.1, -0.05) is 13.8 Å². The van der Waals surface area contributed by atoms with Gasteiger partial charge < -0.3 is 10.2 Å². The lowest BCUT2D eigenvalue weighted by Crippen LogP contribution is -2.47. The molecule has 1 aliphatic heterocycles. The van der Waals surface area contributed by atoms with Crippen molar-refractivity contribution in [3.8, 4) is 0 Å². The van der Waals surface area contributed by atoms with E-state index in [-0.39, 0.29) is 5.91 Å². The summed E-state index contributed by atoms with van der Waals surface area (Å²) in [6, 6.07) is 3.80. The second kappa shape index (κ2) is 7.41. The van der Waals surface area contributed by atoms with Crippen molar-refractivity contribution in [1.29, 1.82) is 0 Å². The van der Waals surface area contributed by atoms with Crippen molar-refractivity contribution in [2.24, 2.45) is 5.92 Å². The van der Waals surface area contributed by atoms with E-state index in [1.54, 1.807) is 6.20 Å². The van der Waals surface area contributed by atoms with Crippen LogP contribution >= 0.6 is 0 Å². The van der Waals surface area contributed by atoms with Crippen LogP contribution in [0.3, 0.4) is 0 Å². The predicted octanol–water partition coefficient (Wildman–Crippen LogP) is 1.61. The van der Waals surface area contributed by atoms with Crippen LogP contribution in [-0.4, -0.2) is 55.1 Å². The zero-order chi connectivity index (χ0) is 15.2. The largest absolute Gasteiger partial charge is 0.354 e. The second-order valence-electron chi connectivity index (χ2n) is 5.95. The number of hydrogen-bond acceptors (Lipinski definition) is 4. The summed E-state index contributed by atoms with van der Waals surface area (Å²) in [5.41, 5.74) is 0.624. The van der Waals surface area contributed by atoms with E-state index >= 15 is 0 Å². The molecule has 0 unspecified atom stereocenters. The number of carbonyl (C=O) groups is 1. The van der Waals surface area contributed by atoms with Crippen LogP contribution in [0.1, 0.15) is 31.1 Å². The van der Waals surface area contributed by atoms with Crippen LogP contribution in [0.4, 0.5) is 5.82 Å². The highest BCUT2D eigenvalue weighted by atomic mass is 16.1. The van der Waals surface area contributed by atoms with Gasteiger partial charge in [0.15, 0.2) is 0 Å². The average molecular weight is 290 g/mol. The smallest absolute Gasteiger partial charge is 0.252 e. The van der Waals surface area contributed by atoms with Crippen molar-refractivity contribution in [2.75, 3.05) is 44.2 Å². The second-order valence-corrected chi connectivity index (χ2v) is 5.95. The SMILES string of the molecule is CCNC(=O)c1ccc(N2CCN(CC(C)C)CC2)nc1. The maximum atomic E-state index is 11.7. The Morgan fingerprint density at radius 3 is 2.52 bits per heavy atom. The van der Waals surface area contributed by atoms with Gasteiger partial charge in [0.25, 0.3) is 5.91 Å². The van der Waals surface area contributed by atoms with Crippen LogP contribution in [-0.2, 0) is 0 Å². The molecule has 116 valence electrons. The summed E-state index contributed by atoms with van der Waals surface area (Å²) < 4.78 is 0. The molecule has 2 heterocycles. The standard InChI is InChI=1S/C16H26N4O/c1-4-17-16(21)14-5-6-15(18-11-14)20-9-7-19(8-10-20)12-13(2)3/h5-6,11,13H,4,7-10,12H2,1-3H3,(H,17,21). The zero-order valence-electron chi connectivity index (χ0n) is 13.3. The topological polar surface area (TPSA) is 48.5 Å². The lowest BCUT2D eigenvalue weighted by atomic mass is 10.2. The van der Waals surface area contributed by atoms with E-state index < -0.39 is 0 Å². The number of rotatable bonds is 5. The average Bonchev–Trinajstić information content (AvgIpc) is 2.48. The highest BCUT2D eigenvalue weighted by Crippen LogP contribution is 2.14. The molecule has 21 heavy (non-hydrogen) atoms. The molecule has 5 heteroatoms. The normalized spacial score (nSPS) is 16.3. The third-order valence-corrected chi connectivity index (χ3v) is 3.67. The Hall–Kier alpha value is -1.62. The van der Waals surface area contributed by atoms with Crippen LogP contribution in [0, 0.1) is 5.92 Å². The van der Waals surface area contributed by atoms with E-state index in [9.17, 15) is 4.79 Å². The maximum absolute atomic E-state index is 11.7. The molecule has 1 amide bonds. The molecule has 1 aliphatic rings. The van der Waals surface area contributed by atoms with Crippen LogP contribution in [0.2, 0.25) is 0 Å². The number of hydrogen-bond donors (Lipinski definition) is 1. The van der Waals surface area contributed by atoms with Gasteiger partial charge in [0.05, 0.1) is 5.56 Å². The highest BCUT2D eigenvalue weighted by molar-refractivity contribution is 5.93. The van der Waals surface area contributed by atoms with E-state index in [1.165, 1.54) is 0 Å². The minimum Gasteiger partial charge on any atom is -0.354 e. The van der Waals surface area contributed by atoms with Gasteiger partial charge in [-0.25, -0.2) is 4.98 Å². The molecular weight excluding hydrogens is 264 g/mol. The molecule has 0 aliphatic carbocycles. The Balaban J connectivity index is 1.90. The maximum Gasteiger partial charge on any atom is 0.252 e. The van der Waals surface area contributed by atoms with Crippen molar-refractivity contribution in [3.63, 3.8) is 0 Å². The van der Waals surface area contributed by atoms with Crippen LogP contribution in [0.15, 0.2) is 18.3 Å². The number of pyridine rings is 1. The Kier molecular flexibility index (Phi) is 5.56. The molecule has 5 nitrogen and oxygen atoms in total. The van der Waals surface area contributed by atoms with Crippen molar-refractivity contribution in [2.45, 2.75) is 20.8 Å². The molecule has 1 N–H and O–H groups in total. The molecule has 0 bridgehead atoms. The monoisotopic (exact) mass is 290 g/mol. The molecule has 0 radical (unpaired) electrons. The van der Waals surface area contributed by atoms with Gasteiger partial charge in [-0.2, -0.15) is 0 Å². The van der Waals surface area contributed by atoms with Gasteiger partial charge in [0.1, 0.15) is 5.82 Å². The fraction of sp³-hybridized carbons (Fsp3) is 0.625. The fourth-order valence-electron chi connectivity index (χ4n) is 2.65. The molecular formula is C16H26N4O. The van der Waals surface area contributed by atoms with Crippen molar-refractivity contribution in [1.82, 2.24) is 15.2 Å². The first kappa shape index (κ1) is 15.8. The number of nitrogens with zero attached hydrogens (tertiary/aromatic N) is 3. The highest BCUT2D eigenvalue weighted by Gasteiger charge is 2.18. The van der Waals surface area contributed by atoms with E-state index in [0.29, 0.717) is 18.0 Å². The summed E-state index contributed by atoms with van der Waals surface area (Å²) in [7, 11) is 0. The number of aromatic nitrogens is 1. The van der Waals surface area contributed by atoms with E-state index in [1.807, 2.05) is 19.1 Å². The summed E-state index contributed by atoms with van der Waals surface area (Å²) in [5, 5.41) is 2.79. The lowest BCUT2D eigenvalue weighted by molar-refractivity contribution is 0.0955. The summed E-state index contributed by atoms with van der Waals surface area (Å²) >= 11 is 0. The van der Waals surface area contributed by atoms with Crippen molar-refractivity contribution in [3.05, 3.63) is 23.9 Å². The van der Waals surface area contributed by atoms with E-state index in [0.717, 1.165) is 38.5 Å². The predicted molar refractivity (Wildman–Crippen MR) is 85.7 cm³/mol. The first-order chi connectivity index (χ1) is 10.1. The first-order valence-electron chi connectivity index (χ1n) is 7.81. The lowest BCUT2D eigenvalue weighted by Gasteiger charge is -2.36. The van der Waals surface area contributed by atoms with Crippen LogP contribution < -0.4 is 10.2 Å².